The lowest BCUT2D eigenvalue weighted by Gasteiger charge is -2.15. The maximum Gasteiger partial charge on any atom is 0.161 e. The number of hydrogen-bond acceptors (Lipinski definition) is 3. The van der Waals surface area contributed by atoms with Crippen LogP contribution in [0.25, 0.3) is 0 Å². The molecule has 1 aliphatic rings. The molecule has 92 valence electrons. The van der Waals surface area contributed by atoms with E-state index >= 15 is 0 Å². The molecular weight excluding hydrogens is 216 g/mol. The SMILES string of the molecule is CCc1ccc(OC2CCC(=O)C2)c(OC)c1. The van der Waals surface area contributed by atoms with Crippen molar-refractivity contribution in [3.05, 3.63) is 23.8 Å². The summed E-state index contributed by atoms with van der Waals surface area (Å²) >= 11 is 0. The van der Waals surface area contributed by atoms with Gasteiger partial charge in [0.2, 0.25) is 0 Å². The van der Waals surface area contributed by atoms with Gasteiger partial charge in [0.15, 0.2) is 11.5 Å². The van der Waals surface area contributed by atoms with Crippen LogP contribution in [0.4, 0.5) is 0 Å². The summed E-state index contributed by atoms with van der Waals surface area (Å²) in [6, 6.07) is 5.96. The number of carbonyl (C=O) groups excluding carboxylic acids is 1. The van der Waals surface area contributed by atoms with E-state index in [-0.39, 0.29) is 6.10 Å². The van der Waals surface area contributed by atoms with Crippen LogP contribution in [0.3, 0.4) is 0 Å². The molecule has 0 bridgehead atoms. The lowest BCUT2D eigenvalue weighted by Crippen LogP contribution is -2.12. The minimum Gasteiger partial charge on any atom is -0.493 e. The second-order valence-electron chi connectivity index (χ2n) is 4.36. The van der Waals surface area contributed by atoms with E-state index in [4.69, 9.17) is 9.47 Å². The molecule has 0 saturated heterocycles. The molecule has 1 unspecified atom stereocenters. The number of Topliss-reactive ketones (excluding diaryl/α,β-unsaturated/α-hetero) is 1. The quantitative estimate of drug-likeness (QED) is 0.803. The van der Waals surface area contributed by atoms with Gasteiger partial charge in [0.25, 0.3) is 0 Å². The molecule has 1 atom stereocenters. The van der Waals surface area contributed by atoms with Gasteiger partial charge >= 0.3 is 0 Å². The average molecular weight is 234 g/mol. The Bertz CT molecular complexity index is 412. The molecule has 0 spiro atoms. The number of ether oxygens (including phenoxy) is 2. The molecule has 3 heteroatoms. The summed E-state index contributed by atoms with van der Waals surface area (Å²) in [6.45, 7) is 2.10. The Hall–Kier alpha value is -1.51. The molecule has 1 saturated carbocycles. The van der Waals surface area contributed by atoms with Crippen molar-refractivity contribution in [3.8, 4) is 11.5 Å². The van der Waals surface area contributed by atoms with Crippen LogP contribution in [0.5, 0.6) is 11.5 Å². The molecule has 1 aromatic carbocycles. The van der Waals surface area contributed by atoms with Crippen molar-refractivity contribution in [2.45, 2.75) is 38.7 Å². The van der Waals surface area contributed by atoms with Crippen LogP contribution in [-0.4, -0.2) is 19.0 Å². The second-order valence-corrected chi connectivity index (χ2v) is 4.36. The summed E-state index contributed by atoms with van der Waals surface area (Å²) in [5.74, 6) is 1.78. The highest BCUT2D eigenvalue weighted by Gasteiger charge is 2.24. The fourth-order valence-electron chi connectivity index (χ4n) is 2.09. The minimum absolute atomic E-state index is 0.0175. The van der Waals surface area contributed by atoms with Crippen molar-refractivity contribution >= 4 is 5.78 Å². The average Bonchev–Trinajstić information content (AvgIpc) is 2.75. The highest BCUT2D eigenvalue weighted by molar-refractivity contribution is 5.81. The van der Waals surface area contributed by atoms with Crippen LogP contribution in [0.2, 0.25) is 0 Å². The normalized spacial score (nSPS) is 19.4. The van der Waals surface area contributed by atoms with Gasteiger partial charge in [-0.15, -0.1) is 0 Å². The number of methoxy groups -OCH3 is 1. The molecule has 17 heavy (non-hydrogen) atoms. The van der Waals surface area contributed by atoms with E-state index < -0.39 is 0 Å². The van der Waals surface area contributed by atoms with Gasteiger partial charge in [-0.25, -0.2) is 0 Å². The predicted octanol–water partition coefficient (Wildman–Crippen LogP) is 2.76. The third-order valence-corrected chi connectivity index (χ3v) is 3.13. The van der Waals surface area contributed by atoms with E-state index in [1.807, 2.05) is 18.2 Å². The Kier molecular flexibility index (Phi) is 3.67. The highest BCUT2D eigenvalue weighted by atomic mass is 16.5. The standard InChI is InChI=1S/C14H18O3/c1-3-10-4-7-13(14(8-10)16-2)17-12-6-5-11(15)9-12/h4,7-8,12H,3,5-6,9H2,1-2H3. The summed E-state index contributed by atoms with van der Waals surface area (Å²) in [4.78, 5) is 11.2. The fourth-order valence-corrected chi connectivity index (χ4v) is 2.09. The molecule has 1 fully saturated rings. The van der Waals surface area contributed by atoms with Crippen LogP contribution in [-0.2, 0) is 11.2 Å². The van der Waals surface area contributed by atoms with Gasteiger partial charge in [0, 0.05) is 12.8 Å². The number of benzene rings is 1. The van der Waals surface area contributed by atoms with Crippen LogP contribution in [0.15, 0.2) is 18.2 Å². The van der Waals surface area contributed by atoms with Crippen molar-refractivity contribution in [3.63, 3.8) is 0 Å². The summed E-state index contributed by atoms with van der Waals surface area (Å²) in [6.07, 6.45) is 2.97. The molecular formula is C14H18O3. The Balaban J connectivity index is 2.12. The lowest BCUT2D eigenvalue weighted by molar-refractivity contribution is -0.117. The number of carbonyl (C=O) groups is 1. The number of hydrogen-bond donors (Lipinski definition) is 0. The summed E-state index contributed by atoms with van der Waals surface area (Å²) in [5.41, 5.74) is 1.22. The first-order chi connectivity index (χ1) is 8.22. The monoisotopic (exact) mass is 234 g/mol. The first-order valence-corrected chi connectivity index (χ1v) is 6.08. The van der Waals surface area contributed by atoms with Crippen molar-refractivity contribution in [2.75, 3.05) is 7.11 Å². The number of aryl methyl sites for hydroxylation is 1. The van der Waals surface area contributed by atoms with E-state index in [0.29, 0.717) is 18.6 Å². The van der Waals surface area contributed by atoms with E-state index in [9.17, 15) is 4.79 Å². The van der Waals surface area contributed by atoms with Gasteiger partial charge in [-0.05, 0) is 30.5 Å². The van der Waals surface area contributed by atoms with Crippen molar-refractivity contribution < 1.29 is 14.3 Å². The van der Waals surface area contributed by atoms with Gasteiger partial charge in [-0.2, -0.15) is 0 Å². The van der Waals surface area contributed by atoms with Gasteiger partial charge in [-0.1, -0.05) is 13.0 Å². The van der Waals surface area contributed by atoms with Crippen LogP contribution in [0.1, 0.15) is 31.7 Å². The van der Waals surface area contributed by atoms with E-state index in [1.54, 1.807) is 7.11 Å². The van der Waals surface area contributed by atoms with Gasteiger partial charge < -0.3 is 9.47 Å². The van der Waals surface area contributed by atoms with Gasteiger partial charge in [-0.3, -0.25) is 4.79 Å². The molecule has 0 radical (unpaired) electrons. The van der Waals surface area contributed by atoms with Crippen LogP contribution < -0.4 is 9.47 Å². The third-order valence-electron chi connectivity index (χ3n) is 3.13. The molecule has 0 amide bonds. The second kappa shape index (κ2) is 5.21. The summed E-state index contributed by atoms with van der Waals surface area (Å²) < 4.78 is 11.1. The van der Waals surface area contributed by atoms with Gasteiger partial charge in [0.1, 0.15) is 11.9 Å². The summed E-state index contributed by atoms with van der Waals surface area (Å²) in [7, 11) is 1.64. The maximum atomic E-state index is 11.2. The zero-order chi connectivity index (χ0) is 12.3. The van der Waals surface area contributed by atoms with Crippen molar-refractivity contribution in [1.82, 2.24) is 0 Å². The molecule has 0 aliphatic heterocycles. The minimum atomic E-state index is 0.0175. The zero-order valence-electron chi connectivity index (χ0n) is 10.4. The maximum absolute atomic E-state index is 11.2. The Labute approximate surface area is 102 Å². The third kappa shape index (κ3) is 2.78. The number of rotatable bonds is 4. The Morgan fingerprint density at radius 3 is 2.76 bits per heavy atom. The Morgan fingerprint density at radius 2 is 2.18 bits per heavy atom. The molecule has 0 aromatic heterocycles. The highest BCUT2D eigenvalue weighted by Crippen LogP contribution is 2.31. The van der Waals surface area contributed by atoms with E-state index in [1.165, 1.54) is 5.56 Å². The van der Waals surface area contributed by atoms with Crippen molar-refractivity contribution in [2.24, 2.45) is 0 Å². The van der Waals surface area contributed by atoms with Crippen molar-refractivity contribution in [1.29, 1.82) is 0 Å². The molecule has 0 N–H and O–H groups in total. The molecule has 1 aromatic rings. The van der Waals surface area contributed by atoms with Crippen LogP contribution in [0, 0.1) is 0 Å². The fraction of sp³-hybridized carbons (Fsp3) is 0.500. The smallest absolute Gasteiger partial charge is 0.161 e. The number of ketones is 1. The topological polar surface area (TPSA) is 35.5 Å². The summed E-state index contributed by atoms with van der Waals surface area (Å²) in [5, 5.41) is 0. The first kappa shape index (κ1) is 12.0. The zero-order valence-corrected chi connectivity index (χ0v) is 10.4. The largest absolute Gasteiger partial charge is 0.493 e. The van der Waals surface area contributed by atoms with E-state index in [0.717, 1.165) is 24.3 Å². The van der Waals surface area contributed by atoms with E-state index in [2.05, 4.69) is 6.92 Å². The molecule has 0 heterocycles. The first-order valence-electron chi connectivity index (χ1n) is 6.08. The molecule has 2 rings (SSSR count). The van der Waals surface area contributed by atoms with Crippen LogP contribution >= 0.6 is 0 Å². The Morgan fingerprint density at radius 1 is 1.35 bits per heavy atom. The van der Waals surface area contributed by atoms with Gasteiger partial charge in [0.05, 0.1) is 7.11 Å². The predicted molar refractivity (Wildman–Crippen MR) is 65.6 cm³/mol. The molecule has 1 aliphatic carbocycles. The molecule has 3 nitrogen and oxygen atoms in total. The lowest BCUT2D eigenvalue weighted by atomic mass is 10.1.